The summed E-state index contributed by atoms with van der Waals surface area (Å²) in [4.78, 5) is 0.104. The third-order valence-electron chi connectivity index (χ3n) is 1.48. The molecule has 0 radical (unpaired) electrons. The largest absolute Gasteiger partial charge is 0.270 e. The van der Waals surface area contributed by atoms with Crippen molar-refractivity contribution in [1.82, 2.24) is 9.78 Å². The maximum Gasteiger partial charge on any atom is 0.265 e. The molecule has 0 amide bonds. The Morgan fingerprint density at radius 2 is 2.08 bits per heavy atom. The first-order chi connectivity index (χ1) is 5.34. The smallest absolute Gasteiger partial charge is 0.265 e. The van der Waals surface area contributed by atoms with E-state index in [-0.39, 0.29) is 4.90 Å². The van der Waals surface area contributed by atoms with E-state index in [1.807, 2.05) is 22.6 Å². The number of nitrogens with zero attached hydrogens (tertiary/aromatic N) is 2. The lowest BCUT2D eigenvalue weighted by Gasteiger charge is -1.94. The lowest BCUT2D eigenvalue weighted by Crippen LogP contribution is -1.96. The molecule has 1 heterocycles. The summed E-state index contributed by atoms with van der Waals surface area (Å²) in [5.41, 5.74) is 0.550. The van der Waals surface area contributed by atoms with E-state index in [1.54, 1.807) is 14.0 Å². The van der Waals surface area contributed by atoms with Crippen LogP contribution in [0.2, 0.25) is 0 Å². The summed E-state index contributed by atoms with van der Waals surface area (Å²) < 4.78 is 23.9. The van der Waals surface area contributed by atoms with Crippen molar-refractivity contribution in [1.29, 1.82) is 0 Å². The average molecular weight is 321 g/mol. The molecule has 0 aliphatic rings. The molecule has 0 N–H and O–H groups in total. The molecule has 1 aromatic heterocycles. The van der Waals surface area contributed by atoms with Gasteiger partial charge < -0.3 is 0 Å². The Morgan fingerprint density at radius 1 is 1.58 bits per heavy atom. The van der Waals surface area contributed by atoms with Crippen molar-refractivity contribution < 1.29 is 8.42 Å². The van der Waals surface area contributed by atoms with Crippen LogP contribution in [0.3, 0.4) is 0 Å². The molecule has 0 fully saturated rings. The third kappa shape index (κ3) is 1.74. The van der Waals surface area contributed by atoms with Gasteiger partial charge in [-0.2, -0.15) is 5.10 Å². The maximum absolute atomic E-state index is 11.0. The molecule has 0 atom stereocenters. The number of halogens is 2. The van der Waals surface area contributed by atoms with E-state index in [0.29, 0.717) is 9.39 Å². The van der Waals surface area contributed by atoms with Crippen LogP contribution in [0.1, 0.15) is 5.69 Å². The highest BCUT2D eigenvalue weighted by Gasteiger charge is 2.21. The fourth-order valence-electron chi connectivity index (χ4n) is 0.825. The standard InChI is InChI=1S/C5H6ClIN2O2S/c1-3-4(12(6,10)11)5(7)8-9(3)2/h1-2H3. The maximum atomic E-state index is 11.0. The predicted molar refractivity (Wildman–Crippen MR) is 53.7 cm³/mol. The Hall–Kier alpha value is 0.180. The molecule has 0 aromatic carbocycles. The minimum atomic E-state index is -3.66. The summed E-state index contributed by atoms with van der Waals surface area (Å²) >= 11 is 1.84. The van der Waals surface area contributed by atoms with E-state index in [0.717, 1.165) is 0 Å². The molecule has 1 rings (SSSR count). The second-order valence-electron chi connectivity index (χ2n) is 2.27. The van der Waals surface area contributed by atoms with E-state index in [9.17, 15) is 8.42 Å². The number of aryl methyl sites for hydroxylation is 1. The highest BCUT2D eigenvalue weighted by Crippen LogP contribution is 2.23. The van der Waals surface area contributed by atoms with Crippen LogP contribution in [-0.4, -0.2) is 18.2 Å². The summed E-state index contributed by atoms with van der Waals surface area (Å²) in [6, 6.07) is 0. The molecule has 0 saturated carbocycles. The number of aromatic nitrogens is 2. The van der Waals surface area contributed by atoms with Crippen LogP contribution in [-0.2, 0) is 16.1 Å². The van der Waals surface area contributed by atoms with E-state index < -0.39 is 9.05 Å². The second-order valence-corrected chi connectivity index (χ2v) is 5.79. The van der Waals surface area contributed by atoms with Gasteiger partial charge in [-0.25, -0.2) is 8.42 Å². The van der Waals surface area contributed by atoms with E-state index in [2.05, 4.69) is 5.10 Å². The summed E-state index contributed by atoms with van der Waals surface area (Å²) in [5.74, 6) is 0. The molecule has 0 bridgehead atoms. The fraction of sp³-hybridized carbons (Fsp3) is 0.400. The molecular weight excluding hydrogens is 314 g/mol. The topological polar surface area (TPSA) is 52.0 Å². The van der Waals surface area contributed by atoms with Crippen molar-refractivity contribution in [3.8, 4) is 0 Å². The lowest BCUT2D eigenvalue weighted by atomic mass is 10.5. The van der Waals surface area contributed by atoms with Crippen LogP contribution < -0.4 is 0 Å². The zero-order valence-electron chi connectivity index (χ0n) is 6.38. The zero-order chi connectivity index (χ0) is 9.52. The molecule has 68 valence electrons. The highest BCUT2D eigenvalue weighted by molar-refractivity contribution is 14.1. The van der Waals surface area contributed by atoms with Gasteiger partial charge in [-0.05, 0) is 29.5 Å². The summed E-state index contributed by atoms with van der Waals surface area (Å²) in [5, 5.41) is 3.92. The van der Waals surface area contributed by atoms with Crippen LogP contribution in [0.15, 0.2) is 4.90 Å². The Kier molecular flexibility index (Phi) is 2.69. The van der Waals surface area contributed by atoms with Crippen molar-refractivity contribution in [3.05, 3.63) is 9.39 Å². The number of hydrogen-bond acceptors (Lipinski definition) is 3. The summed E-state index contributed by atoms with van der Waals surface area (Å²) in [6.45, 7) is 1.66. The number of hydrogen-bond donors (Lipinski definition) is 0. The van der Waals surface area contributed by atoms with Crippen LogP contribution in [0.25, 0.3) is 0 Å². The van der Waals surface area contributed by atoms with Crippen molar-refractivity contribution in [2.24, 2.45) is 7.05 Å². The lowest BCUT2D eigenvalue weighted by molar-refractivity contribution is 0.608. The molecule has 12 heavy (non-hydrogen) atoms. The minimum absolute atomic E-state index is 0.104. The van der Waals surface area contributed by atoms with Crippen LogP contribution in [0.5, 0.6) is 0 Å². The SMILES string of the molecule is Cc1c(S(=O)(=O)Cl)c(I)nn1C. The molecule has 0 aliphatic heterocycles. The molecule has 0 saturated heterocycles. The average Bonchev–Trinajstić information content (AvgIpc) is 2.05. The van der Waals surface area contributed by atoms with Gasteiger partial charge in [0.15, 0.2) is 0 Å². The minimum Gasteiger partial charge on any atom is -0.270 e. The zero-order valence-corrected chi connectivity index (χ0v) is 10.1. The van der Waals surface area contributed by atoms with Crippen molar-refractivity contribution >= 4 is 42.3 Å². The van der Waals surface area contributed by atoms with Gasteiger partial charge in [0, 0.05) is 17.7 Å². The molecule has 0 unspecified atom stereocenters. The first-order valence-corrected chi connectivity index (χ1v) is 6.36. The monoisotopic (exact) mass is 320 g/mol. The number of rotatable bonds is 1. The van der Waals surface area contributed by atoms with Crippen molar-refractivity contribution in [2.75, 3.05) is 0 Å². The molecule has 1 aromatic rings. The van der Waals surface area contributed by atoms with Gasteiger partial charge in [-0.1, -0.05) is 0 Å². The Morgan fingerprint density at radius 3 is 2.25 bits per heavy atom. The van der Waals surface area contributed by atoms with Crippen LogP contribution >= 0.6 is 33.3 Å². The van der Waals surface area contributed by atoms with Gasteiger partial charge in [-0.15, -0.1) is 0 Å². The fourth-order valence-corrected chi connectivity index (χ4v) is 4.08. The molecule has 7 heteroatoms. The van der Waals surface area contributed by atoms with E-state index in [1.165, 1.54) is 4.68 Å². The van der Waals surface area contributed by atoms with Crippen LogP contribution in [0.4, 0.5) is 0 Å². The first-order valence-electron chi connectivity index (χ1n) is 2.98. The van der Waals surface area contributed by atoms with Gasteiger partial charge >= 0.3 is 0 Å². The predicted octanol–water partition coefficient (Wildman–Crippen LogP) is 1.26. The van der Waals surface area contributed by atoms with Gasteiger partial charge in [0.05, 0.1) is 5.69 Å². The summed E-state index contributed by atoms with van der Waals surface area (Å²) in [7, 11) is 3.20. The van der Waals surface area contributed by atoms with E-state index >= 15 is 0 Å². The normalized spacial score (nSPS) is 12.0. The first kappa shape index (κ1) is 10.3. The van der Waals surface area contributed by atoms with E-state index in [4.69, 9.17) is 10.7 Å². The van der Waals surface area contributed by atoms with Crippen LogP contribution in [0, 0.1) is 10.6 Å². The van der Waals surface area contributed by atoms with Gasteiger partial charge in [0.25, 0.3) is 9.05 Å². The molecule has 0 aliphatic carbocycles. The van der Waals surface area contributed by atoms with Crippen molar-refractivity contribution in [2.45, 2.75) is 11.8 Å². The Balaban J connectivity index is 3.54. The Bertz CT molecular complexity index is 411. The van der Waals surface area contributed by atoms with Gasteiger partial charge in [0.1, 0.15) is 8.60 Å². The van der Waals surface area contributed by atoms with Gasteiger partial charge in [0.2, 0.25) is 0 Å². The van der Waals surface area contributed by atoms with Gasteiger partial charge in [-0.3, -0.25) is 4.68 Å². The molecule has 0 spiro atoms. The highest BCUT2D eigenvalue weighted by atomic mass is 127. The second kappa shape index (κ2) is 3.15. The quantitative estimate of drug-likeness (QED) is 0.578. The Labute approximate surface area is 88.5 Å². The molecular formula is C5H6ClIN2O2S. The van der Waals surface area contributed by atoms with Crippen molar-refractivity contribution in [3.63, 3.8) is 0 Å². The third-order valence-corrected chi connectivity index (χ3v) is 4.04. The summed E-state index contributed by atoms with van der Waals surface area (Å²) in [6.07, 6.45) is 0. The molecule has 4 nitrogen and oxygen atoms in total.